The zero-order valence-electron chi connectivity index (χ0n) is 47.9. The molecule has 0 aromatic heterocycles. The number of likely N-dealkylation sites (tertiary alicyclic amines) is 1. The molecule has 6 aromatic carbocycles. The lowest BCUT2D eigenvalue weighted by atomic mass is 9.83. The number of carbonyl (C=O) groups excluding carboxylic acids is 7. The summed E-state index contributed by atoms with van der Waals surface area (Å²) in [5, 5.41) is 20.8. The Hall–Kier alpha value is -9.21. The zero-order chi connectivity index (χ0) is 60.6. The maximum Gasteiger partial charge on any atom is 0.407 e. The van der Waals surface area contributed by atoms with Crippen molar-refractivity contribution in [1.29, 1.82) is 0 Å². The van der Waals surface area contributed by atoms with E-state index >= 15 is 9.59 Å². The van der Waals surface area contributed by atoms with Crippen LogP contribution in [0.5, 0.6) is 0 Å². The van der Waals surface area contributed by atoms with Crippen LogP contribution in [-0.2, 0) is 38.7 Å². The molecule has 8 amide bonds. The van der Waals surface area contributed by atoms with Gasteiger partial charge in [-0.2, -0.15) is 5.10 Å². The molecule has 1 unspecified atom stereocenters. The first-order valence-electron chi connectivity index (χ1n) is 29.1. The van der Waals surface area contributed by atoms with Crippen LogP contribution in [0, 0.1) is 5.92 Å². The summed E-state index contributed by atoms with van der Waals surface area (Å²) in [5.74, 6) is -4.31. The second kappa shape index (κ2) is 29.1. The molecule has 8 N–H and O–H groups in total. The molecular formula is C65H72N10O10S. The number of carbonyl (C=O) groups is 7. The van der Waals surface area contributed by atoms with Gasteiger partial charge < -0.3 is 41.5 Å². The molecule has 0 spiro atoms. The standard InChI is InChI=1S/C65H72N10O10S/c1-3-23-53(59(62(79)67-39-55(76)69-57(61(78)66-2)44-28-13-6-14-29-44)72-73-64(81)70-56(42-24-9-4-10-25-42)43-26-11-5-12-27-43)68-60(77)54-38-46(74-86(83,84)47-32-17-8-18-33-47)40-75(54)63(80)58(45-30-15-7-16-31-45)71-65(82)85-41-52-50-36-21-19-34-48(50)49-35-20-22-37-51(49)52/h4-6,8-14,17-22,24-29,32-37,45-46,52-54,56-58,74H,3,7,15-16,23,30-31,38-41H2,1-2H3,(H,66,78)(H,67,79)(H,68,77)(H,69,76)(H,71,82)(H2,70,73,81)/t46-,53+,54?,57+,58+/m1/s1. The van der Waals surface area contributed by atoms with E-state index in [1.165, 1.54) is 24.1 Å². The molecule has 9 rings (SSSR count). The summed E-state index contributed by atoms with van der Waals surface area (Å²) in [6.07, 6.45) is 2.95. The molecule has 2 fully saturated rings. The van der Waals surface area contributed by atoms with Gasteiger partial charge in [-0.05, 0) is 82.7 Å². The monoisotopic (exact) mass is 1180 g/mol. The molecule has 0 bridgehead atoms. The van der Waals surface area contributed by atoms with E-state index in [-0.39, 0.29) is 42.7 Å². The van der Waals surface area contributed by atoms with E-state index in [2.05, 4.69) is 47.2 Å². The third-order valence-electron chi connectivity index (χ3n) is 15.9. The second-order valence-corrected chi connectivity index (χ2v) is 23.3. The van der Waals surface area contributed by atoms with Gasteiger partial charge in [0.15, 0.2) is 0 Å². The fourth-order valence-corrected chi connectivity index (χ4v) is 13.0. The van der Waals surface area contributed by atoms with Gasteiger partial charge in [0.05, 0.1) is 23.5 Å². The number of amides is 8. The zero-order valence-corrected chi connectivity index (χ0v) is 48.8. The van der Waals surface area contributed by atoms with Crippen molar-refractivity contribution in [2.75, 3.05) is 26.7 Å². The maximum absolute atomic E-state index is 15.5. The van der Waals surface area contributed by atoms with Crippen molar-refractivity contribution in [3.63, 3.8) is 0 Å². The van der Waals surface area contributed by atoms with E-state index in [9.17, 15) is 32.4 Å². The van der Waals surface area contributed by atoms with Crippen LogP contribution >= 0.6 is 0 Å². The molecule has 0 radical (unpaired) electrons. The molecule has 1 saturated carbocycles. The summed E-state index contributed by atoms with van der Waals surface area (Å²) in [5.41, 5.74) is 8.05. The van der Waals surface area contributed by atoms with Gasteiger partial charge in [-0.3, -0.25) is 24.0 Å². The minimum atomic E-state index is -4.20. The number of likely N-dealkylation sites (N-methyl/N-ethyl adjacent to an activating group) is 1. The third kappa shape index (κ3) is 15.2. The van der Waals surface area contributed by atoms with Crippen LogP contribution < -0.4 is 42.0 Å². The van der Waals surface area contributed by atoms with E-state index in [1.54, 1.807) is 55.5 Å². The number of nitrogens with zero attached hydrogens (tertiary/aromatic N) is 2. The highest BCUT2D eigenvalue weighted by Gasteiger charge is 2.46. The quantitative estimate of drug-likeness (QED) is 0.0244. The van der Waals surface area contributed by atoms with Gasteiger partial charge in [-0.1, -0.05) is 190 Å². The summed E-state index contributed by atoms with van der Waals surface area (Å²) in [4.78, 5) is 101. The molecule has 20 nitrogen and oxygen atoms in total. The van der Waals surface area contributed by atoms with Crippen molar-refractivity contribution in [3.05, 3.63) is 198 Å². The molecule has 6 aromatic rings. The highest BCUT2D eigenvalue weighted by atomic mass is 32.2. The van der Waals surface area contributed by atoms with E-state index < -0.39 is 100 Å². The van der Waals surface area contributed by atoms with Crippen molar-refractivity contribution in [2.24, 2.45) is 11.0 Å². The van der Waals surface area contributed by atoms with E-state index in [4.69, 9.17) is 4.74 Å². The van der Waals surface area contributed by atoms with Crippen molar-refractivity contribution in [2.45, 2.75) is 105 Å². The first-order valence-corrected chi connectivity index (χ1v) is 30.6. The highest BCUT2D eigenvalue weighted by Crippen LogP contribution is 2.44. The number of sulfonamides is 1. The topological polar surface area (TPSA) is 275 Å². The minimum absolute atomic E-state index is 0.0220. The Labute approximate surface area is 500 Å². The SMILES string of the molecule is CCC[C@H](NC(=O)C1C[C@@H](NS(=O)(=O)c2ccccc2)CN1C(=O)[C@@H](NC(=O)OCC1c2ccccc2-c2ccccc21)C1CCCCC1)C(=NNC(=O)NC(c1ccccc1)c1ccccc1)C(=O)NCC(=O)N[C@H](C(=O)NC)c1ccccc1. The van der Waals surface area contributed by atoms with Gasteiger partial charge >= 0.3 is 12.1 Å². The van der Waals surface area contributed by atoms with Crippen LogP contribution in [0.3, 0.4) is 0 Å². The lowest BCUT2D eigenvalue weighted by Gasteiger charge is -2.34. The summed E-state index contributed by atoms with van der Waals surface area (Å²) in [6.45, 7) is 0.818. The molecule has 448 valence electrons. The Morgan fingerprint density at radius 1 is 0.663 bits per heavy atom. The Balaban J connectivity index is 0.998. The lowest BCUT2D eigenvalue weighted by molar-refractivity contribution is -0.141. The first kappa shape index (κ1) is 61.4. The number of urea groups is 1. The van der Waals surface area contributed by atoms with E-state index in [0.29, 0.717) is 24.8 Å². The van der Waals surface area contributed by atoms with Gasteiger partial charge in [0, 0.05) is 25.6 Å². The molecule has 21 heteroatoms. The van der Waals surface area contributed by atoms with E-state index in [1.807, 2.05) is 109 Å². The summed E-state index contributed by atoms with van der Waals surface area (Å²) in [7, 11) is -2.78. The molecule has 86 heavy (non-hydrogen) atoms. The minimum Gasteiger partial charge on any atom is -0.449 e. The molecule has 5 atom stereocenters. The average molecular weight is 1190 g/mol. The number of rotatable bonds is 23. The Morgan fingerprint density at radius 2 is 1.22 bits per heavy atom. The summed E-state index contributed by atoms with van der Waals surface area (Å²) >= 11 is 0. The molecule has 1 aliphatic heterocycles. The fraction of sp³-hybridized carbons (Fsp3) is 0.323. The van der Waals surface area contributed by atoms with Crippen LogP contribution in [0.1, 0.15) is 104 Å². The highest BCUT2D eigenvalue weighted by molar-refractivity contribution is 7.89. The maximum atomic E-state index is 15.5. The number of ether oxygens (including phenoxy) is 1. The van der Waals surface area contributed by atoms with Crippen molar-refractivity contribution >= 4 is 57.4 Å². The Morgan fingerprint density at radius 3 is 1.80 bits per heavy atom. The van der Waals surface area contributed by atoms with Crippen LogP contribution in [0.4, 0.5) is 9.59 Å². The van der Waals surface area contributed by atoms with Crippen molar-refractivity contribution < 1.29 is 46.7 Å². The number of hydrogen-bond acceptors (Lipinski definition) is 11. The molecule has 1 heterocycles. The molecule has 2 aliphatic carbocycles. The number of benzene rings is 6. The third-order valence-corrected chi connectivity index (χ3v) is 17.4. The van der Waals surface area contributed by atoms with Gasteiger partial charge in [-0.15, -0.1) is 0 Å². The van der Waals surface area contributed by atoms with Gasteiger partial charge in [0.25, 0.3) is 5.91 Å². The second-order valence-electron chi connectivity index (χ2n) is 21.6. The van der Waals surface area contributed by atoms with E-state index in [0.717, 1.165) is 52.6 Å². The smallest absolute Gasteiger partial charge is 0.407 e. The van der Waals surface area contributed by atoms with Crippen molar-refractivity contribution in [3.8, 4) is 11.1 Å². The lowest BCUT2D eigenvalue weighted by Crippen LogP contribution is -2.58. The fourth-order valence-electron chi connectivity index (χ4n) is 11.7. The number of nitrogens with one attached hydrogen (secondary N) is 8. The molecular weight excluding hydrogens is 1110 g/mol. The van der Waals surface area contributed by atoms with Gasteiger partial charge in [0.2, 0.25) is 33.7 Å². The Kier molecular flexibility index (Phi) is 20.7. The molecule has 1 saturated heterocycles. The first-order chi connectivity index (χ1) is 41.7. The Bertz CT molecular complexity index is 3420. The predicted octanol–water partition coefficient (Wildman–Crippen LogP) is 6.87. The number of hydrazone groups is 1. The van der Waals surface area contributed by atoms with Crippen molar-refractivity contribution in [1.82, 2.24) is 46.9 Å². The van der Waals surface area contributed by atoms with Gasteiger partial charge in [-0.25, -0.2) is 28.2 Å². The summed E-state index contributed by atoms with van der Waals surface area (Å²) in [6, 6.07) is 42.8. The predicted molar refractivity (Wildman–Crippen MR) is 324 cm³/mol. The van der Waals surface area contributed by atoms with Gasteiger partial charge in [0.1, 0.15) is 30.4 Å². The normalized spacial score (nSPS) is 17.0. The van der Waals surface area contributed by atoms with Crippen LogP contribution in [0.2, 0.25) is 0 Å². The largest absolute Gasteiger partial charge is 0.449 e. The average Bonchev–Trinajstić information content (AvgIpc) is 4.03. The number of fused-ring (bicyclic) bond motifs is 3. The van der Waals surface area contributed by atoms with Crippen LogP contribution in [0.15, 0.2) is 180 Å². The number of alkyl carbamates (subject to hydrolysis) is 1. The molecule has 3 aliphatic rings. The van der Waals surface area contributed by atoms with Crippen LogP contribution in [-0.4, -0.2) is 112 Å². The van der Waals surface area contributed by atoms with Crippen LogP contribution in [0.25, 0.3) is 11.1 Å². The summed E-state index contributed by atoms with van der Waals surface area (Å²) < 4.78 is 36.6. The number of hydrogen-bond donors (Lipinski definition) is 8.